The Balaban J connectivity index is 2.41. The number of amides is 2. The normalized spacial score (nSPS) is 17.3. The summed E-state index contributed by atoms with van der Waals surface area (Å²) in [4.78, 5) is 22.9. The van der Waals surface area contributed by atoms with Gasteiger partial charge in [-0.05, 0) is 17.7 Å². The van der Waals surface area contributed by atoms with Gasteiger partial charge < -0.3 is 20.1 Å². The number of benzene rings is 1. The number of ether oxygens (including phenoxy) is 2. The first-order chi connectivity index (χ1) is 10.3. The molecule has 0 fully saturated rings. The summed E-state index contributed by atoms with van der Waals surface area (Å²) in [6, 6.07) is 1.73. The van der Waals surface area contributed by atoms with Crippen LogP contribution in [-0.4, -0.2) is 38.8 Å². The van der Waals surface area contributed by atoms with Gasteiger partial charge in [-0.1, -0.05) is 0 Å². The molecule has 1 heterocycles. The highest BCUT2D eigenvalue weighted by Gasteiger charge is 2.41. The van der Waals surface area contributed by atoms with Crippen molar-refractivity contribution in [2.75, 3.05) is 20.8 Å². The van der Waals surface area contributed by atoms with Gasteiger partial charge in [-0.15, -0.1) is 0 Å². The van der Waals surface area contributed by atoms with Crippen LogP contribution < -0.4 is 20.1 Å². The fourth-order valence-electron chi connectivity index (χ4n) is 2.15. The zero-order chi connectivity index (χ0) is 16.5. The van der Waals surface area contributed by atoms with Crippen molar-refractivity contribution >= 4 is 11.8 Å². The topological polar surface area (TPSA) is 76.7 Å². The van der Waals surface area contributed by atoms with Crippen molar-refractivity contribution in [1.29, 1.82) is 0 Å². The van der Waals surface area contributed by atoms with Gasteiger partial charge in [0.15, 0.2) is 11.5 Å². The van der Waals surface area contributed by atoms with E-state index >= 15 is 0 Å². The molecule has 0 aromatic heterocycles. The Bertz CT molecular complexity index is 616. The fourth-order valence-corrected chi connectivity index (χ4v) is 2.15. The number of fused-ring (bicyclic) bond motifs is 1. The van der Waals surface area contributed by atoms with Crippen LogP contribution in [0.3, 0.4) is 0 Å². The first kappa shape index (κ1) is 15.9. The molecule has 2 amide bonds. The standard InChI is InChI=1S/C13H13F3N2O4/c1-21-9-3-6-7(4-10(9)22-2)11(19)17-5-8(6)18-12(20)13(14,15)16/h3-4,8H,5H2,1-2H3,(H,17,19)(H,18,20)/t8-/m0/s1. The zero-order valence-corrected chi connectivity index (χ0v) is 11.7. The Kier molecular flexibility index (Phi) is 4.16. The van der Waals surface area contributed by atoms with Crippen LogP contribution in [0.2, 0.25) is 0 Å². The lowest BCUT2D eigenvalue weighted by atomic mass is 9.95. The second-order valence-corrected chi connectivity index (χ2v) is 4.53. The molecular weight excluding hydrogens is 305 g/mol. The minimum Gasteiger partial charge on any atom is -0.493 e. The molecule has 1 aromatic rings. The Morgan fingerprint density at radius 2 is 1.86 bits per heavy atom. The van der Waals surface area contributed by atoms with Crippen molar-refractivity contribution in [3.63, 3.8) is 0 Å². The van der Waals surface area contributed by atoms with E-state index in [0.29, 0.717) is 0 Å². The van der Waals surface area contributed by atoms with Crippen LogP contribution in [0.5, 0.6) is 11.5 Å². The summed E-state index contributed by atoms with van der Waals surface area (Å²) in [5, 5.41) is 4.27. The highest BCUT2D eigenvalue weighted by molar-refractivity contribution is 5.98. The van der Waals surface area contributed by atoms with E-state index in [2.05, 4.69) is 5.32 Å². The van der Waals surface area contributed by atoms with Crippen LogP contribution >= 0.6 is 0 Å². The lowest BCUT2D eigenvalue weighted by Crippen LogP contribution is -2.46. The largest absolute Gasteiger partial charge is 0.493 e. The summed E-state index contributed by atoms with van der Waals surface area (Å²) in [5.41, 5.74) is 0.357. The molecule has 2 N–H and O–H groups in total. The summed E-state index contributed by atoms with van der Waals surface area (Å²) < 4.78 is 47.2. The Hall–Kier alpha value is -2.45. The Labute approximate surface area is 123 Å². The third-order valence-corrected chi connectivity index (χ3v) is 3.21. The summed E-state index contributed by atoms with van der Waals surface area (Å²) in [7, 11) is 2.73. The first-order valence-electron chi connectivity index (χ1n) is 6.19. The van der Waals surface area contributed by atoms with E-state index in [-0.39, 0.29) is 29.2 Å². The van der Waals surface area contributed by atoms with Crippen molar-refractivity contribution < 1.29 is 32.2 Å². The number of nitrogens with one attached hydrogen (secondary N) is 2. The molecule has 0 aliphatic carbocycles. The van der Waals surface area contributed by atoms with E-state index in [4.69, 9.17) is 9.47 Å². The maximum atomic E-state index is 12.4. The van der Waals surface area contributed by atoms with Crippen LogP contribution in [0.4, 0.5) is 13.2 Å². The average Bonchev–Trinajstić information content (AvgIpc) is 2.47. The number of alkyl halides is 3. The van der Waals surface area contributed by atoms with Gasteiger partial charge in [-0.3, -0.25) is 9.59 Å². The summed E-state index contributed by atoms with van der Waals surface area (Å²) in [6.45, 7) is -0.150. The Morgan fingerprint density at radius 1 is 1.27 bits per heavy atom. The maximum absolute atomic E-state index is 12.4. The van der Waals surface area contributed by atoms with Crippen LogP contribution in [0, 0.1) is 0 Å². The predicted molar refractivity (Wildman–Crippen MR) is 68.8 cm³/mol. The van der Waals surface area contributed by atoms with Gasteiger partial charge in [0.2, 0.25) is 0 Å². The van der Waals surface area contributed by atoms with Crippen molar-refractivity contribution in [1.82, 2.24) is 10.6 Å². The molecule has 120 valence electrons. The quantitative estimate of drug-likeness (QED) is 0.877. The van der Waals surface area contributed by atoms with E-state index in [1.165, 1.54) is 26.4 Å². The summed E-state index contributed by atoms with van der Waals surface area (Å²) >= 11 is 0. The summed E-state index contributed by atoms with van der Waals surface area (Å²) in [5.74, 6) is -2.02. The molecule has 22 heavy (non-hydrogen) atoms. The van der Waals surface area contributed by atoms with E-state index < -0.39 is 24.0 Å². The molecule has 6 nitrogen and oxygen atoms in total. The van der Waals surface area contributed by atoms with Gasteiger partial charge in [-0.2, -0.15) is 13.2 Å². The third kappa shape index (κ3) is 2.92. The number of carbonyl (C=O) groups is 2. The van der Waals surface area contributed by atoms with Gasteiger partial charge in [-0.25, -0.2) is 0 Å². The van der Waals surface area contributed by atoms with Crippen LogP contribution in [-0.2, 0) is 4.79 Å². The van der Waals surface area contributed by atoms with Crippen LogP contribution in [0.15, 0.2) is 12.1 Å². The lowest BCUT2D eigenvalue weighted by Gasteiger charge is -2.28. The third-order valence-electron chi connectivity index (χ3n) is 3.21. The van der Waals surface area contributed by atoms with Crippen LogP contribution in [0.1, 0.15) is 22.0 Å². The van der Waals surface area contributed by atoms with Crippen molar-refractivity contribution in [2.45, 2.75) is 12.2 Å². The molecule has 2 rings (SSSR count). The number of carbonyl (C=O) groups excluding carboxylic acids is 2. The second-order valence-electron chi connectivity index (χ2n) is 4.53. The monoisotopic (exact) mass is 318 g/mol. The highest BCUT2D eigenvalue weighted by atomic mass is 19.4. The smallest absolute Gasteiger partial charge is 0.471 e. The van der Waals surface area contributed by atoms with Crippen molar-refractivity contribution in [3.05, 3.63) is 23.3 Å². The molecule has 0 saturated heterocycles. The number of hydrogen-bond acceptors (Lipinski definition) is 4. The van der Waals surface area contributed by atoms with Gasteiger partial charge in [0.05, 0.1) is 20.3 Å². The molecule has 0 radical (unpaired) electrons. The Morgan fingerprint density at radius 3 is 2.41 bits per heavy atom. The molecule has 1 aromatic carbocycles. The molecule has 0 spiro atoms. The van der Waals surface area contributed by atoms with Crippen LogP contribution in [0.25, 0.3) is 0 Å². The van der Waals surface area contributed by atoms with Gasteiger partial charge in [0, 0.05) is 12.1 Å². The van der Waals surface area contributed by atoms with E-state index in [1.54, 1.807) is 0 Å². The first-order valence-corrected chi connectivity index (χ1v) is 6.19. The van der Waals surface area contributed by atoms with Crippen molar-refractivity contribution in [3.8, 4) is 11.5 Å². The average molecular weight is 318 g/mol. The fraction of sp³-hybridized carbons (Fsp3) is 0.385. The SMILES string of the molecule is COc1cc2c(cc1OC)[C@@H](NC(=O)C(F)(F)F)CNC2=O. The van der Waals surface area contributed by atoms with E-state index in [1.807, 2.05) is 5.32 Å². The van der Waals surface area contributed by atoms with Gasteiger partial charge in [0.25, 0.3) is 5.91 Å². The molecule has 1 atom stereocenters. The van der Waals surface area contributed by atoms with Gasteiger partial charge in [0.1, 0.15) is 0 Å². The zero-order valence-electron chi connectivity index (χ0n) is 11.7. The molecule has 9 heteroatoms. The second kappa shape index (κ2) is 5.74. The van der Waals surface area contributed by atoms with Crippen molar-refractivity contribution in [2.24, 2.45) is 0 Å². The maximum Gasteiger partial charge on any atom is 0.471 e. The molecule has 0 bridgehead atoms. The number of hydrogen-bond donors (Lipinski definition) is 2. The van der Waals surface area contributed by atoms with E-state index in [0.717, 1.165) is 0 Å². The molecule has 0 saturated carbocycles. The van der Waals surface area contributed by atoms with Gasteiger partial charge >= 0.3 is 12.1 Å². The minimum absolute atomic E-state index is 0.122. The molecule has 0 unspecified atom stereocenters. The molecule has 1 aliphatic rings. The number of rotatable bonds is 3. The predicted octanol–water partition coefficient (Wildman–Crippen LogP) is 1.17. The number of methoxy groups -OCH3 is 2. The minimum atomic E-state index is -5.00. The summed E-state index contributed by atoms with van der Waals surface area (Å²) in [6.07, 6.45) is -5.00. The lowest BCUT2D eigenvalue weighted by molar-refractivity contribution is -0.174. The highest BCUT2D eigenvalue weighted by Crippen LogP contribution is 2.35. The molecular formula is C13H13F3N2O4. The van der Waals surface area contributed by atoms with E-state index in [9.17, 15) is 22.8 Å². The number of halogens is 3. The molecule has 1 aliphatic heterocycles.